The van der Waals surface area contributed by atoms with Gasteiger partial charge in [0.15, 0.2) is 0 Å². The fourth-order valence-corrected chi connectivity index (χ4v) is 3.56. The molecule has 0 aromatic heterocycles. The SMILES string of the molecule is CC=Cc1ccc(C=Cc2ccc(N(c3ccccc3)c3ccc(C)cc3)cc2)cc1. The lowest BCUT2D eigenvalue weighted by molar-refractivity contribution is 1.27. The summed E-state index contributed by atoms with van der Waals surface area (Å²) in [6, 6.07) is 36.4. The van der Waals surface area contributed by atoms with Crippen molar-refractivity contribution >= 4 is 35.3 Å². The molecule has 152 valence electrons. The van der Waals surface area contributed by atoms with Crippen molar-refractivity contribution in [1.29, 1.82) is 0 Å². The van der Waals surface area contributed by atoms with Gasteiger partial charge in [-0.25, -0.2) is 0 Å². The first-order valence-corrected chi connectivity index (χ1v) is 10.7. The number of hydrogen-bond donors (Lipinski definition) is 0. The van der Waals surface area contributed by atoms with E-state index in [0.717, 1.165) is 17.1 Å². The van der Waals surface area contributed by atoms with Gasteiger partial charge in [0.2, 0.25) is 0 Å². The zero-order chi connectivity index (χ0) is 21.5. The molecule has 0 bridgehead atoms. The number of para-hydroxylation sites is 1. The molecule has 1 nitrogen and oxygen atoms in total. The molecule has 0 fully saturated rings. The minimum atomic E-state index is 1.14. The van der Waals surface area contributed by atoms with Crippen LogP contribution in [0.3, 0.4) is 0 Å². The molecule has 4 aromatic carbocycles. The Kier molecular flexibility index (Phi) is 6.44. The second kappa shape index (κ2) is 9.77. The summed E-state index contributed by atoms with van der Waals surface area (Å²) in [4.78, 5) is 2.28. The van der Waals surface area contributed by atoms with Gasteiger partial charge in [0, 0.05) is 17.1 Å². The van der Waals surface area contributed by atoms with E-state index in [-0.39, 0.29) is 0 Å². The lowest BCUT2D eigenvalue weighted by atomic mass is 10.1. The fraction of sp³-hybridized carbons (Fsp3) is 0.0667. The van der Waals surface area contributed by atoms with Gasteiger partial charge in [-0.15, -0.1) is 0 Å². The average molecular weight is 402 g/mol. The van der Waals surface area contributed by atoms with Crippen LogP contribution in [-0.2, 0) is 0 Å². The van der Waals surface area contributed by atoms with Crippen LogP contribution in [-0.4, -0.2) is 0 Å². The molecule has 0 aliphatic heterocycles. The van der Waals surface area contributed by atoms with Gasteiger partial charge in [-0.05, 0) is 66.9 Å². The Morgan fingerprint density at radius 1 is 0.484 bits per heavy atom. The van der Waals surface area contributed by atoms with Crippen LogP contribution < -0.4 is 4.90 Å². The van der Waals surface area contributed by atoms with E-state index in [1.54, 1.807) is 0 Å². The molecular formula is C30H27N. The van der Waals surface area contributed by atoms with Crippen LogP contribution in [0.5, 0.6) is 0 Å². The first-order chi connectivity index (χ1) is 15.2. The number of allylic oxidation sites excluding steroid dienone is 1. The number of hydrogen-bond acceptors (Lipinski definition) is 1. The Labute approximate surface area is 185 Å². The molecule has 31 heavy (non-hydrogen) atoms. The van der Waals surface area contributed by atoms with Crippen LogP contribution in [0.4, 0.5) is 17.1 Å². The molecule has 0 aliphatic carbocycles. The van der Waals surface area contributed by atoms with Gasteiger partial charge in [-0.3, -0.25) is 0 Å². The van der Waals surface area contributed by atoms with E-state index in [2.05, 4.69) is 139 Å². The predicted molar refractivity (Wildman–Crippen MR) is 136 cm³/mol. The van der Waals surface area contributed by atoms with Crippen LogP contribution in [0.2, 0.25) is 0 Å². The minimum absolute atomic E-state index is 1.14. The summed E-state index contributed by atoms with van der Waals surface area (Å²) in [6.45, 7) is 4.15. The Balaban J connectivity index is 1.59. The van der Waals surface area contributed by atoms with Crippen LogP contribution >= 0.6 is 0 Å². The summed E-state index contributed by atoms with van der Waals surface area (Å²) in [7, 11) is 0. The van der Waals surface area contributed by atoms with Gasteiger partial charge < -0.3 is 4.90 Å². The third-order valence-corrected chi connectivity index (χ3v) is 5.22. The minimum Gasteiger partial charge on any atom is -0.311 e. The molecule has 0 atom stereocenters. The molecule has 0 aliphatic rings. The Morgan fingerprint density at radius 3 is 1.42 bits per heavy atom. The summed E-state index contributed by atoms with van der Waals surface area (Å²) in [5, 5.41) is 0. The number of rotatable bonds is 6. The standard InChI is InChI=1S/C30H27N/c1-3-7-25-12-14-26(15-13-25)16-17-27-18-22-30(23-19-27)31(28-8-5-4-6-9-28)29-20-10-24(2)11-21-29/h3-23H,1-2H3. The fourth-order valence-electron chi connectivity index (χ4n) is 3.56. The summed E-state index contributed by atoms with van der Waals surface area (Å²) < 4.78 is 0. The molecule has 0 saturated carbocycles. The Hall–Kier alpha value is -3.84. The maximum Gasteiger partial charge on any atom is 0.0462 e. The summed E-state index contributed by atoms with van der Waals surface area (Å²) in [5.41, 5.74) is 8.30. The molecule has 0 heterocycles. The molecule has 0 spiro atoms. The molecule has 1 heteroatoms. The number of nitrogens with zero attached hydrogens (tertiary/aromatic N) is 1. The normalized spacial score (nSPS) is 11.3. The van der Waals surface area contributed by atoms with E-state index < -0.39 is 0 Å². The van der Waals surface area contributed by atoms with Gasteiger partial charge in [-0.1, -0.05) is 96.6 Å². The first kappa shape index (κ1) is 20.4. The van der Waals surface area contributed by atoms with E-state index >= 15 is 0 Å². The number of anilines is 3. The Bertz CT molecular complexity index is 1150. The molecule has 0 amide bonds. The van der Waals surface area contributed by atoms with Gasteiger partial charge in [0.1, 0.15) is 0 Å². The summed E-state index contributed by atoms with van der Waals surface area (Å²) in [5.74, 6) is 0. The van der Waals surface area contributed by atoms with Gasteiger partial charge in [0.05, 0.1) is 0 Å². The van der Waals surface area contributed by atoms with E-state index in [4.69, 9.17) is 0 Å². The smallest absolute Gasteiger partial charge is 0.0462 e. The van der Waals surface area contributed by atoms with Crippen molar-refractivity contribution in [2.75, 3.05) is 4.90 Å². The highest BCUT2D eigenvalue weighted by Crippen LogP contribution is 2.34. The van der Waals surface area contributed by atoms with Crippen LogP contribution in [0.1, 0.15) is 29.2 Å². The van der Waals surface area contributed by atoms with Crippen molar-refractivity contribution in [3.63, 3.8) is 0 Å². The van der Waals surface area contributed by atoms with Crippen molar-refractivity contribution in [1.82, 2.24) is 0 Å². The largest absolute Gasteiger partial charge is 0.311 e. The van der Waals surface area contributed by atoms with Gasteiger partial charge >= 0.3 is 0 Å². The van der Waals surface area contributed by atoms with Gasteiger partial charge in [0.25, 0.3) is 0 Å². The zero-order valence-electron chi connectivity index (χ0n) is 18.1. The molecular weight excluding hydrogens is 374 g/mol. The molecule has 4 aromatic rings. The average Bonchev–Trinajstić information content (AvgIpc) is 2.82. The Morgan fingerprint density at radius 2 is 0.903 bits per heavy atom. The lowest BCUT2D eigenvalue weighted by Gasteiger charge is -2.25. The molecule has 0 radical (unpaired) electrons. The third-order valence-electron chi connectivity index (χ3n) is 5.22. The monoisotopic (exact) mass is 401 g/mol. The maximum atomic E-state index is 2.28. The van der Waals surface area contributed by atoms with Crippen molar-refractivity contribution in [3.05, 3.63) is 131 Å². The molecule has 0 unspecified atom stereocenters. The van der Waals surface area contributed by atoms with Crippen LogP contribution in [0.15, 0.2) is 109 Å². The summed E-state index contributed by atoms with van der Waals surface area (Å²) >= 11 is 0. The van der Waals surface area contributed by atoms with Crippen LogP contribution in [0.25, 0.3) is 18.2 Å². The quantitative estimate of drug-likeness (QED) is 0.292. The third kappa shape index (κ3) is 5.21. The zero-order valence-corrected chi connectivity index (χ0v) is 18.1. The van der Waals surface area contributed by atoms with E-state index in [1.807, 2.05) is 6.92 Å². The number of benzene rings is 4. The molecule has 0 saturated heterocycles. The van der Waals surface area contributed by atoms with Crippen molar-refractivity contribution in [2.24, 2.45) is 0 Å². The highest BCUT2D eigenvalue weighted by molar-refractivity contribution is 5.78. The highest BCUT2D eigenvalue weighted by atomic mass is 15.1. The van der Waals surface area contributed by atoms with E-state index in [0.29, 0.717) is 0 Å². The lowest BCUT2D eigenvalue weighted by Crippen LogP contribution is -2.09. The second-order valence-electron chi connectivity index (χ2n) is 7.60. The highest BCUT2D eigenvalue weighted by Gasteiger charge is 2.11. The van der Waals surface area contributed by atoms with E-state index in [1.165, 1.54) is 22.3 Å². The second-order valence-corrected chi connectivity index (χ2v) is 7.60. The summed E-state index contributed by atoms with van der Waals surface area (Å²) in [6.07, 6.45) is 8.48. The predicted octanol–water partition coefficient (Wildman–Crippen LogP) is 8.67. The molecule has 0 N–H and O–H groups in total. The van der Waals surface area contributed by atoms with Crippen molar-refractivity contribution in [2.45, 2.75) is 13.8 Å². The van der Waals surface area contributed by atoms with Gasteiger partial charge in [-0.2, -0.15) is 0 Å². The van der Waals surface area contributed by atoms with E-state index in [9.17, 15) is 0 Å². The van der Waals surface area contributed by atoms with Crippen molar-refractivity contribution in [3.8, 4) is 0 Å². The molecule has 4 rings (SSSR count). The number of aryl methyl sites for hydroxylation is 1. The topological polar surface area (TPSA) is 3.24 Å². The maximum absolute atomic E-state index is 2.28. The first-order valence-electron chi connectivity index (χ1n) is 10.7. The van der Waals surface area contributed by atoms with Crippen LogP contribution in [0, 0.1) is 6.92 Å². The van der Waals surface area contributed by atoms with Crippen molar-refractivity contribution < 1.29 is 0 Å².